The van der Waals surface area contributed by atoms with Gasteiger partial charge in [-0.3, -0.25) is 5.32 Å². The number of ether oxygens (including phenoxy) is 1. The number of thiazole rings is 1. The van der Waals surface area contributed by atoms with Gasteiger partial charge in [-0.25, -0.2) is 14.2 Å². The number of hydrogen-bond donors (Lipinski definition) is 1. The van der Waals surface area contributed by atoms with E-state index in [0.717, 1.165) is 0 Å². The van der Waals surface area contributed by atoms with Crippen LogP contribution in [0.25, 0.3) is 0 Å². The molecule has 2 rings (SSSR count). The molecule has 1 heterocycles. The number of hydrogen-bond acceptors (Lipinski definition) is 4. The molecule has 106 valence electrons. The van der Waals surface area contributed by atoms with Gasteiger partial charge >= 0.3 is 6.03 Å². The van der Waals surface area contributed by atoms with Crippen molar-refractivity contribution in [1.29, 1.82) is 0 Å². The Hall–Kier alpha value is -2.15. The van der Waals surface area contributed by atoms with Crippen molar-refractivity contribution >= 4 is 22.5 Å². The van der Waals surface area contributed by atoms with Gasteiger partial charge in [0.25, 0.3) is 0 Å². The van der Waals surface area contributed by atoms with Gasteiger partial charge in [0.1, 0.15) is 0 Å². The molecule has 2 aromatic rings. The highest BCUT2D eigenvalue weighted by molar-refractivity contribution is 7.13. The molecule has 0 spiro atoms. The summed E-state index contributed by atoms with van der Waals surface area (Å²) in [5.74, 6) is -0.262. The van der Waals surface area contributed by atoms with Crippen LogP contribution in [0.15, 0.2) is 29.8 Å². The van der Waals surface area contributed by atoms with Crippen molar-refractivity contribution in [2.75, 3.05) is 19.5 Å². The van der Waals surface area contributed by atoms with Crippen molar-refractivity contribution < 1.29 is 13.9 Å². The Kier molecular flexibility index (Phi) is 4.52. The van der Waals surface area contributed by atoms with Crippen LogP contribution in [-0.2, 0) is 6.54 Å². The molecule has 1 aromatic heterocycles. The number of urea groups is 1. The standard InChI is InChI=1S/C13H14FN3O2S/c1-17(13(18)16-12-15-5-6-20-12)8-9-3-4-11(19-2)10(14)7-9/h3-7H,8H2,1-2H3,(H,15,16,18). The van der Waals surface area contributed by atoms with Crippen molar-refractivity contribution in [3.8, 4) is 5.75 Å². The molecule has 1 aromatic carbocycles. The molecule has 0 radical (unpaired) electrons. The normalized spacial score (nSPS) is 10.2. The Morgan fingerprint density at radius 2 is 2.35 bits per heavy atom. The van der Waals surface area contributed by atoms with E-state index in [2.05, 4.69) is 10.3 Å². The van der Waals surface area contributed by atoms with E-state index in [1.165, 1.54) is 35.5 Å². The van der Waals surface area contributed by atoms with Crippen molar-refractivity contribution in [2.45, 2.75) is 6.54 Å². The van der Waals surface area contributed by atoms with Crippen LogP contribution >= 0.6 is 11.3 Å². The maximum atomic E-state index is 13.6. The Labute approximate surface area is 120 Å². The fourth-order valence-corrected chi connectivity index (χ4v) is 2.14. The molecule has 0 saturated heterocycles. The van der Waals surface area contributed by atoms with E-state index in [-0.39, 0.29) is 18.3 Å². The number of rotatable bonds is 4. The summed E-state index contributed by atoms with van der Waals surface area (Å²) in [5.41, 5.74) is 0.681. The van der Waals surface area contributed by atoms with Gasteiger partial charge in [-0.05, 0) is 17.7 Å². The van der Waals surface area contributed by atoms with Gasteiger partial charge in [-0.2, -0.15) is 0 Å². The molecule has 20 heavy (non-hydrogen) atoms. The second-order valence-corrected chi connectivity index (χ2v) is 4.99. The smallest absolute Gasteiger partial charge is 0.323 e. The van der Waals surface area contributed by atoms with Crippen LogP contribution in [0.1, 0.15) is 5.56 Å². The van der Waals surface area contributed by atoms with Crippen LogP contribution in [0.5, 0.6) is 5.75 Å². The number of benzene rings is 1. The summed E-state index contributed by atoms with van der Waals surface area (Å²) in [7, 11) is 3.04. The number of nitrogens with one attached hydrogen (secondary N) is 1. The Balaban J connectivity index is 1.98. The molecule has 0 unspecified atom stereocenters. The molecule has 0 aliphatic heterocycles. The molecular weight excluding hydrogens is 281 g/mol. The first kappa shape index (κ1) is 14.3. The number of aromatic nitrogens is 1. The van der Waals surface area contributed by atoms with Gasteiger partial charge in [0.2, 0.25) is 0 Å². The Morgan fingerprint density at radius 3 is 2.95 bits per heavy atom. The monoisotopic (exact) mass is 295 g/mol. The molecule has 0 bridgehead atoms. The Morgan fingerprint density at radius 1 is 1.55 bits per heavy atom. The van der Waals surface area contributed by atoms with Crippen LogP contribution in [0.3, 0.4) is 0 Å². The highest BCUT2D eigenvalue weighted by Gasteiger charge is 2.12. The fraction of sp³-hybridized carbons (Fsp3) is 0.231. The quantitative estimate of drug-likeness (QED) is 0.943. The number of halogens is 1. The van der Waals surface area contributed by atoms with E-state index in [1.807, 2.05) is 0 Å². The number of amides is 2. The zero-order chi connectivity index (χ0) is 14.5. The highest BCUT2D eigenvalue weighted by atomic mass is 32.1. The number of nitrogens with zero attached hydrogens (tertiary/aromatic N) is 2. The number of carbonyl (C=O) groups is 1. The summed E-state index contributed by atoms with van der Waals surface area (Å²) in [6.45, 7) is 0.290. The van der Waals surface area contributed by atoms with Gasteiger partial charge in [-0.1, -0.05) is 6.07 Å². The average Bonchev–Trinajstić information content (AvgIpc) is 2.91. The predicted octanol–water partition coefficient (Wildman–Crippen LogP) is 2.95. The lowest BCUT2D eigenvalue weighted by molar-refractivity contribution is 0.220. The number of carbonyl (C=O) groups excluding carboxylic acids is 1. The maximum absolute atomic E-state index is 13.6. The van der Waals surface area contributed by atoms with Crippen molar-refractivity contribution in [3.63, 3.8) is 0 Å². The summed E-state index contributed by atoms with van der Waals surface area (Å²) < 4.78 is 18.4. The SMILES string of the molecule is COc1ccc(CN(C)C(=O)Nc2nccs2)cc1F. The summed E-state index contributed by atoms with van der Waals surface area (Å²) >= 11 is 1.34. The minimum Gasteiger partial charge on any atom is -0.494 e. The summed E-state index contributed by atoms with van der Waals surface area (Å²) in [5, 5.41) is 4.96. The molecule has 5 nitrogen and oxygen atoms in total. The van der Waals surface area contributed by atoms with Crippen molar-refractivity contribution in [2.24, 2.45) is 0 Å². The molecule has 1 N–H and O–H groups in total. The molecule has 2 amide bonds. The molecule has 7 heteroatoms. The molecule has 0 aliphatic carbocycles. The summed E-state index contributed by atoms with van der Waals surface area (Å²) in [6, 6.07) is 4.31. The van der Waals surface area contributed by atoms with Crippen LogP contribution in [-0.4, -0.2) is 30.1 Å². The second-order valence-electron chi connectivity index (χ2n) is 4.09. The molecule has 0 fully saturated rings. The molecule has 0 atom stereocenters. The third-order valence-corrected chi connectivity index (χ3v) is 3.32. The lowest BCUT2D eigenvalue weighted by atomic mass is 10.2. The van der Waals surface area contributed by atoms with E-state index < -0.39 is 5.82 Å². The second kappa shape index (κ2) is 6.33. The van der Waals surface area contributed by atoms with Gasteiger partial charge in [0.05, 0.1) is 7.11 Å². The van der Waals surface area contributed by atoms with Gasteiger partial charge in [0, 0.05) is 25.2 Å². The first-order chi connectivity index (χ1) is 9.60. The minimum absolute atomic E-state index is 0.184. The zero-order valence-corrected chi connectivity index (χ0v) is 11.9. The average molecular weight is 295 g/mol. The van der Waals surface area contributed by atoms with Crippen LogP contribution < -0.4 is 10.1 Å². The van der Waals surface area contributed by atoms with Crippen LogP contribution in [0.2, 0.25) is 0 Å². The van der Waals surface area contributed by atoms with Gasteiger partial charge in [-0.15, -0.1) is 11.3 Å². The molecular formula is C13H14FN3O2S. The van der Waals surface area contributed by atoms with Gasteiger partial charge in [0.15, 0.2) is 16.7 Å². The largest absolute Gasteiger partial charge is 0.494 e. The summed E-state index contributed by atoms with van der Waals surface area (Å²) in [6.07, 6.45) is 1.61. The van der Waals surface area contributed by atoms with E-state index in [4.69, 9.17) is 4.74 Å². The Bertz CT molecular complexity index is 589. The van der Waals surface area contributed by atoms with E-state index >= 15 is 0 Å². The third kappa shape index (κ3) is 3.45. The minimum atomic E-state index is -0.446. The van der Waals surface area contributed by atoms with E-state index in [1.54, 1.807) is 24.7 Å². The van der Waals surface area contributed by atoms with Crippen molar-refractivity contribution in [1.82, 2.24) is 9.88 Å². The topological polar surface area (TPSA) is 54.5 Å². The molecule has 0 saturated carbocycles. The molecule has 0 aliphatic rings. The fourth-order valence-electron chi connectivity index (χ4n) is 1.63. The first-order valence-corrected chi connectivity index (χ1v) is 6.72. The zero-order valence-electron chi connectivity index (χ0n) is 11.1. The van der Waals surface area contributed by atoms with E-state index in [9.17, 15) is 9.18 Å². The highest BCUT2D eigenvalue weighted by Crippen LogP contribution is 2.19. The maximum Gasteiger partial charge on any atom is 0.323 e. The third-order valence-electron chi connectivity index (χ3n) is 2.63. The summed E-state index contributed by atoms with van der Waals surface area (Å²) in [4.78, 5) is 17.3. The lowest BCUT2D eigenvalue weighted by Gasteiger charge is -2.17. The lowest BCUT2D eigenvalue weighted by Crippen LogP contribution is -2.30. The predicted molar refractivity (Wildman–Crippen MR) is 75.6 cm³/mol. The van der Waals surface area contributed by atoms with Crippen LogP contribution in [0, 0.1) is 5.82 Å². The van der Waals surface area contributed by atoms with Gasteiger partial charge < -0.3 is 9.64 Å². The van der Waals surface area contributed by atoms with E-state index in [0.29, 0.717) is 10.7 Å². The van der Waals surface area contributed by atoms with Crippen molar-refractivity contribution in [3.05, 3.63) is 41.2 Å². The number of anilines is 1. The van der Waals surface area contributed by atoms with Crippen LogP contribution in [0.4, 0.5) is 14.3 Å². The number of methoxy groups -OCH3 is 1. The first-order valence-electron chi connectivity index (χ1n) is 5.84.